The molecule has 38 heavy (non-hydrogen) atoms. The maximum atomic E-state index is 12.3. The van der Waals surface area contributed by atoms with E-state index in [0.29, 0.717) is 49.3 Å². The molecule has 1 amide bonds. The van der Waals surface area contributed by atoms with Crippen LogP contribution in [0.5, 0.6) is 0 Å². The van der Waals surface area contributed by atoms with Crippen LogP contribution in [-0.4, -0.2) is 81.1 Å². The van der Waals surface area contributed by atoms with Crippen molar-refractivity contribution in [2.45, 2.75) is 59.3 Å². The van der Waals surface area contributed by atoms with Crippen molar-refractivity contribution in [3.8, 4) is 0 Å². The molecule has 1 fully saturated rings. The fourth-order valence-electron chi connectivity index (χ4n) is 3.94. The Kier molecular flexibility index (Phi) is 8.10. The molecule has 0 radical (unpaired) electrons. The summed E-state index contributed by atoms with van der Waals surface area (Å²) in [7, 11) is 1.66. The third-order valence-corrected chi connectivity index (χ3v) is 5.93. The van der Waals surface area contributed by atoms with E-state index in [1.807, 2.05) is 45.9 Å². The number of pyridine rings is 1. The van der Waals surface area contributed by atoms with E-state index in [4.69, 9.17) is 19.4 Å². The Morgan fingerprint density at radius 2 is 1.79 bits per heavy atom. The van der Waals surface area contributed by atoms with Gasteiger partial charge in [-0.25, -0.2) is 19.7 Å². The number of hydrogen-bond donors (Lipinski definition) is 2. The minimum atomic E-state index is -0.508. The summed E-state index contributed by atoms with van der Waals surface area (Å²) in [6.07, 6.45) is 1.32. The molecule has 3 aromatic rings. The van der Waals surface area contributed by atoms with Crippen molar-refractivity contribution in [3.05, 3.63) is 30.1 Å². The molecule has 3 aromatic heterocycles. The third kappa shape index (κ3) is 6.74. The standard InChI is InChI=1S/C26H37N9O3/c1-16(2)28-23-22-18(14-19(29-23)17(3)37-7)15-27-24(31-22)30-20-8-9-21(33-32-20)34-10-12-35(13-11-34)25(36)38-26(4,5)6/h8-9,14-17H,10-13H2,1-7H3,(H,28,29)(H,27,30,31,32). The van der Waals surface area contributed by atoms with E-state index in [0.717, 1.165) is 16.9 Å². The maximum Gasteiger partial charge on any atom is 0.410 e. The molecule has 1 aliphatic rings. The average Bonchev–Trinajstić information content (AvgIpc) is 2.87. The second-order valence-electron chi connectivity index (χ2n) is 10.6. The zero-order valence-corrected chi connectivity index (χ0v) is 23.1. The van der Waals surface area contributed by atoms with E-state index in [9.17, 15) is 4.79 Å². The van der Waals surface area contributed by atoms with Gasteiger partial charge in [0, 0.05) is 50.9 Å². The number of aromatic nitrogens is 5. The lowest BCUT2D eigenvalue weighted by atomic mass is 10.2. The number of fused-ring (bicyclic) bond motifs is 1. The van der Waals surface area contributed by atoms with Crippen molar-refractivity contribution >= 4 is 40.4 Å². The van der Waals surface area contributed by atoms with Crippen LogP contribution in [0.1, 0.15) is 53.3 Å². The highest BCUT2D eigenvalue weighted by Crippen LogP contribution is 2.26. The lowest BCUT2D eigenvalue weighted by Crippen LogP contribution is -2.50. The average molecular weight is 524 g/mol. The van der Waals surface area contributed by atoms with Gasteiger partial charge in [-0.1, -0.05) is 0 Å². The molecule has 204 valence electrons. The van der Waals surface area contributed by atoms with Crippen LogP contribution in [0.15, 0.2) is 24.4 Å². The van der Waals surface area contributed by atoms with Crippen molar-refractivity contribution < 1.29 is 14.3 Å². The van der Waals surface area contributed by atoms with E-state index < -0.39 is 5.60 Å². The largest absolute Gasteiger partial charge is 0.444 e. The first-order valence-electron chi connectivity index (χ1n) is 12.8. The van der Waals surface area contributed by atoms with Crippen molar-refractivity contribution in [2.75, 3.05) is 48.8 Å². The molecular weight excluding hydrogens is 486 g/mol. The summed E-state index contributed by atoms with van der Waals surface area (Å²) in [4.78, 5) is 30.0. The van der Waals surface area contributed by atoms with Crippen molar-refractivity contribution in [3.63, 3.8) is 0 Å². The lowest BCUT2D eigenvalue weighted by Gasteiger charge is -2.35. The number of rotatable bonds is 7. The van der Waals surface area contributed by atoms with Gasteiger partial charge >= 0.3 is 6.09 Å². The van der Waals surface area contributed by atoms with Gasteiger partial charge in [0.15, 0.2) is 17.5 Å². The van der Waals surface area contributed by atoms with Gasteiger partial charge in [0.25, 0.3) is 0 Å². The molecule has 1 atom stereocenters. The van der Waals surface area contributed by atoms with Crippen LogP contribution in [-0.2, 0) is 9.47 Å². The Labute approximate surface area is 223 Å². The lowest BCUT2D eigenvalue weighted by molar-refractivity contribution is 0.0240. The summed E-state index contributed by atoms with van der Waals surface area (Å²) in [6.45, 7) is 14.1. The first-order valence-corrected chi connectivity index (χ1v) is 12.8. The Morgan fingerprint density at radius 1 is 1.05 bits per heavy atom. The predicted octanol–water partition coefficient (Wildman–Crippen LogP) is 4.14. The van der Waals surface area contributed by atoms with Gasteiger partial charge in [0.1, 0.15) is 11.1 Å². The smallest absolute Gasteiger partial charge is 0.410 e. The van der Waals surface area contributed by atoms with Gasteiger partial charge in [-0.15, -0.1) is 10.2 Å². The summed E-state index contributed by atoms with van der Waals surface area (Å²) < 4.78 is 10.9. The van der Waals surface area contributed by atoms with Crippen LogP contribution < -0.4 is 15.5 Å². The van der Waals surface area contributed by atoms with Gasteiger partial charge < -0.3 is 29.9 Å². The van der Waals surface area contributed by atoms with Crippen LogP contribution >= 0.6 is 0 Å². The van der Waals surface area contributed by atoms with Crippen LogP contribution in [0.4, 0.5) is 28.2 Å². The topological polar surface area (TPSA) is 131 Å². The van der Waals surface area contributed by atoms with E-state index in [1.165, 1.54) is 0 Å². The fraction of sp³-hybridized carbons (Fsp3) is 0.538. The summed E-state index contributed by atoms with van der Waals surface area (Å²) >= 11 is 0. The van der Waals surface area contributed by atoms with Gasteiger partial charge in [0.2, 0.25) is 5.95 Å². The highest BCUT2D eigenvalue weighted by molar-refractivity contribution is 5.89. The van der Waals surface area contributed by atoms with Gasteiger partial charge in [-0.2, -0.15) is 0 Å². The van der Waals surface area contributed by atoms with Crippen LogP contribution in [0, 0.1) is 0 Å². The maximum absolute atomic E-state index is 12.3. The molecule has 12 nitrogen and oxygen atoms in total. The number of methoxy groups -OCH3 is 1. The zero-order valence-electron chi connectivity index (χ0n) is 23.1. The molecule has 1 saturated heterocycles. The number of carbonyl (C=O) groups is 1. The van der Waals surface area contributed by atoms with Gasteiger partial charge in [0.05, 0.1) is 11.8 Å². The molecule has 0 aliphatic carbocycles. The number of amides is 1. The molecule has 1 unspecified atom stereocenters. The normalized spacial score (nSPS) is 15.1. The second kappa shape index (κ2) is 11.3. The minimum absolute atomic E-state index is 0.154. The number of anilines is 4. The molecule has 12 heteroatoms. The molecule has 1 aliphatic heterocycles. The summed E-state index contributed by atoms with van der Waals surface area (Å²) in [5, 5.41) is 16.1. The van der Waals surface area contributed by atoms with E-state index in [-0.39, 0.29) is 18.2 Å². The Balaban J connectivity index is 1.44. The highest BCUT2D eigenvalue weighted by Gasteiger charge is 2.26. The van der Waals surface area contributed by atoms with Crippen molar-refractivity contribution in [1.29, 1.82) is 0 Å². The van der Waals surface area contributed by atoms with Crippen molar-refractivity contribution in [2.24, 2.45) is 0 Å². The monoisotopic (exact) mass is 523 g/mol. The van der Waals surface area contributed by atoms with Crippen LogP contribution in [0.2, 0.25) is 0 Å². The van der Waals surface area contributed by atoms with E-state index in [1.54, 1.807) is 18.2 Å². The van der Waals surface area contributed by atoms with Crippen molar-refractivity contribution in [1.82, 2.24) is 30.0 Å². The van der Waals surface area contributed by atoms with E-state index >= 15 is 0 Å². The van der Waals surface area contributed by atoms with E-state index in [2.05, 4.69) is 44.6 Å². The molecule has 0 bridgehead atoms. The number of ether oxygens (including phenoxy) is 2. The molecule has 4 rings (SSSR count). The molecule has 2 N–H and O–H groups in total. The van der Waals surface area contributed by atoms with Crippen LogP contribution in [0.25, 0.3) is 10.9 Å². The third-order valence-electron chi connectivity index (χ3n) is 5.93. The minimum Gasteiger partial charge on any atom is -0.444 e. The molecule has 0 spiro atoms. The Bertz CT molecular complexity index is 1250. The number of nitrogens with zero attached hydrogens (tertiary/aromatic N) is 7. The first-order chi connectivity index (χ1) is 18.0. The number of piperazine rings is 1. The summed E-state index contributed by atoms with van der Waals surface area (Å²) in [5.74, 6) is 2.34. The quantitative estimate of drug-likeness (QED) is 0.463. The number of carbonyl (C=O) groups excluding carboxylic acids is 1. The van der Waals surface area contributed by atoms with Crippen LogP contribution in [0.3, 0.4) is 0 Å². The Hall–Kier alpha value is -3.80. The fourth-order valence-corrected chi connectivity index (χ4v) is 3.94. The van der Waals surface area contributed by atoms with Gasteiger partial charge in [-0.05, 0) is 59.7 Å². The molecule has 0 saturated carbocycles. The summed E-state index contributed by atoms with van der Waals surface area (Å²) in [5.41, 5.74) is 1.00. The SMILES string of the molecule is COC(C)c1cc2cnc(Nc3ccc(N4CCN(C(=O)OC(C)(C)C)CC4)nn3)nc2c(NC(C)C)n1. The Morgan fingerprint density at radius 3 is 2.39 bits per heavy atom. The molecule has 0 aromatic carbocycles. The zero-order chi connectivity index (χ0) is 27.4. The first kappa shape index (κ1) is 27.2. The molecule has 4 heterocycles. The predicted molar refractivity (Wildman–Crippen MR) is 147 cm³/mol. The van der Waals surface area contributed by atoms with Gasteiger partial charge in [-0.3, -0.25) is 0 Å². The number of nitrogens with one attached hydrogen (secondary N) is 2. The second-order valence-corrected chi connectivity index (χ2v) is 10.6. The molecular formula is C26H37N9O3. The number of hydrogen-bond acceptors (Lipinski definition) is 11. The highest BCUT2D eigenvalue weighted by atomic mass is 16.6. The summed E-state index contributed by atoms with van der Waals surface area (Å²) in [6, 6.07) is 5.85.